The summed E-state index contributed by atoms with van der Waals surface area (Å²) in [4.78, 5) is 0. The third kappa shape index (κ3) is 3.82. The van der Waals surface area contributed by atoms with Gasteiger partial charge in [0.1, 0.15) is 6.61 Å². The maximum atomic E-state index is 12.1. The Bertz CT molecular complexity index is 258. The van der Waals surface area contributed by atoms with Crippen LogP contribution in [0.5, 0.6) is 0 Å². The summed E-state index contributed by atoms with van der Waals surface area (Å²) < 4.78 is 41.1. The van der Waals surface area contributed by atoms with Crippen LogP contribution in [-0.2, 0) is 9.94 Å². The van der Waals surface area contributed by atoms with Gasteiger partial charge in [0.2, 0.25) is 0 Å². The highest BCUT2D eigenvalue weighted by Crippen LogP contribution is 2.38. The number of hydroxylamine groups is 2. The van der Waals surface area contributed by atoms with Gasteiger partial charge in [-0.25, -0.2) is 0 Å². The molecule has 0 atom stereocenters. The van der Waals surface area contributed by atoms with E-state index in [1.165, 1.54) is 0 Å². The molecule has 0 aromatic rings. The van der Waals surface area contributed by atoms with E-state index in [1.54, 1.807) is 27.7 Å². The highest BCUT2D eigenvalue weighted by atomic mass is 19.4. The molecule has 17 heavy (non-hydrogen) atoms. The van der Waals surface area contributed by atoms with Crippen LogP contribution in [-0.4, -0.2) is 35.0 Å². The molecule has 0 amide bonds. The molecular weight excluding hydrogens is 235 g/mol. The molecule has 0 aromatic carbocycles. The Balaban J connectivity index is 2.66. The van der Waals surface area contributed by atoms with Crippen molar-refractivity contribution in [3.05, 3.63) is 0 Å². The first-order valence-corrected chi connectivity index (χ1v) is 5.60. The summed E-state index contributed by atoms with van der Waals surface area (Å²) in [6, 6.07) is 0. The molecule has 0 N–H and O–H groups in total. The van der Waals surface area contributed by atoms with Gasteiger partial charge in [-0.05, 0) is 40.5 Å². The molecule has 101 valence electrons. The zero-order valence-electron chi connectivity index (χ0n) is 10.6. The summed E-state index contributed by atoms with van der Waals surface area (Å²) in [7, 11) is 0. The summed E-state index contributed by atoms with van der Waals surface area (Å²) >= 11 is 0. The standard InChI is InChI=1S/C11H19F3NO2/c1-9(2)5-8(17-7-11(12,13)14)6-10(3,4)15(9)16/h8H,5-7H2,1-4H3. The minimum atomic E-state index is -4.32. The third-order valence-corrected chi connectivity index (χ3v) is 3.04. The van der Waals surface area contributed by atoms with Crippen LogP contribution in [0, 0.1) is 0 Å². The second-order valence-corrected chi connectivity index (χ2v) is 5.88. The molecule has 3 nitrogen and oxygen atoms in total. The Morgan fingerprint density at radius 1 is 1.18 bits per heavy atom. The Labute approximate surface area is 99.5 Å². The van der Waals surface area contributed by atoms with Gasteiger partial charge in [-0.3, -0.25) is 0 Å². The summed E-state index contributed by atoms with van der Waals surface area (Å²) in [5.74, 6) is 0. The van der Waals surface area contributed by atoms with Crippen molar-refractivity contribution in [2.75, 3.05) is 6.61 Å². The van der Waals surface area contributed by atoms with Gasteiger partial charge in [0.15, 0.2) is 0 Å². The van der Waals surface area contributed by atoms with Crippen LogP contribution in [0.3, 0.4) is 0 Å². The Hall–Kier alpha value is -0.330. The lowest BCUT2D eigenvalue weighted by Crippen LogP contribution is -2.60. The molecule has 0 saturated carbocycles. The van der Waals surface area contributed by atoms with Crippen molar-refractivity contribution in [3.63, 3.8) is 0 Å². The molecular formula is C11H19F3NO2. The third-order valence-electron chi connectivity index (χ3n) is 3.04. The molecule has 1 fully saturated rings. The van der Waals surface area contributed by atoms with Crippen molar-refractivity contribution < 1.29 is 23.1 Å². The van der Waals surface area contributed by atoms with Gasteiger partial charge in [-0.1, -0.05) is 0 Å². The molecule has 1 radical (unpaired) electrons. The topological polar surface area (TPSA) is 32.4 Å². The number of ether oxygens (including phenoxy) is 1. The lowest BCUT2D eigenvalue weighted by atomic mass is 9.80. The van der Waals surface area contributed by atoms with Crippen molar-refractivity contribution in [2.24, 2.45) is 0 Å². The number of nitrogens with zero attached hydrogens (tertiary/aromatic N) is 1. The SMILES string of the molecule is CC1(C)CC(OCC(F)(F)F)CC(C)(C)N1[O]. The maximum absolute atomic E-state index is 12.1. The minimum absolute atomic E-state index is 0.315. The van der Waals surface area contributed by atoms with Crippen molar-refractivity contribution in [1.82, 2.24) is 5.06 Å². The maximum Gasteiger partial charge on any atom is 0.411 e. The molecule has 1 saturated heterocycles. The van der Waals surface area contributed by atoms with Crippen LogP contribution >= 0.6 is 0 Å². The van der Waals surface area contributed by atoms with E-state index >= 15 is 0 Å². The Morgan fingerprint density at radius 2 is 1.59 bits per heavy atom. The van der Waals surface area contributed by atoms with E-state index in [1.807, 2.05) is 0 Å². The predicted molar refractivity (Wildman–Crippen MR) is 55.7 cm³/mol. The largest absolute Gasteiger partial charge is 0.411 e. The van der Waals surface area contributed by atoms with Crippen LogP contribution < -0.4 is 0 Å². The van der Waals surface area contributed by atoms with Crippen LogP contribution in [0.25, 0.3) is 0 Å². The van der Waals surface area contributed by atoms with E-state index in [-0.39, 0.29) is 0 Å². The molecule has 0 unspecified atom stereocenters. The first-order chi connectivity index (χ1) is 7.44. The minimum Gasteiger partial charge on any atom is -0.369 e. The van der Waals surface area contributed by atoms with E-state index < -0.39 is 30.0 Å². The van der Waals surface area contributed by atoms with Gasteiger partial charge in [0, 0.05) is 11.1 Å². The molecule has 1 heterocycles. The van der Waals surface area contributed by atoms with E-state index in [0.717, 1.165) is 5.06 Å². The molecule has 1 aliphatic rings. The highest BCUT2D eigenvalue weighted by Gasteiger charge is 2.47. The predicted octanol–water partition coefficient (Wildman–Crippen LogP) is 2.93. The molecule has 0 aliphatic carbocycles. The fraction of sp³-hybridized carbons (Fsp3) is 1.00. The smallest absolute Gasteiger partial charge is 0.369 e. The fourth-order valence-corrected chi connectivity index (χ4v) is 2.50. The van der Waals surface area contributed by atoms with E-state index in [2.05, 4.69) is 0 Å². The van der Waals surface area contributed by atoms with Crippen LogP contribution in [0.1, 0.15) is 40.5 Å². The quantitative estimate of drug-likeness (QED) is 0.759. The molecule has 1 rings (SSSR count). The summed E-state index contributed by atoms with van der Waals surface area (Å²) in [6.45, 7) is 5.66. The summed E-state index contributed by atoms with van der Waals surface area (Å²) in [6.07, 6.45) is -4.21. The summed E-state index contributed by atoms with van der Waals surface area (Å²) in [5, 5.41) is 12.9. The second-order valence-electron chi connectivity index (χ2n) is 5.88. The van der Waals surface area contributed by atoms with Gasteiger partial charge in [-0.2, -0.15) is 13.2 Å². The molecule has 0 spiro atoms. The average molecular weight is 254 g/mol. The normalized spacial score (nSPS) is 26.1. The van der Waals surface area contributed by atoms with Crippen molar-refractivity contribution in [2.45, 2.75) is 63.9 Å². The number of halogens is 3. The van der Waals surface area contributed by atoms with E-state index in [4.69, 9.17) is 4.74 Å². The van der Waals surface area contributed by atoms with Gasteiger partial charge < -0.3 is 4.74 Å². The van der Waals surface area contributed by atoms with Gasteiger partial charge in [0.25, 0.3) is 0 Å². The number of alkyl halides is 3. The molecule has 0 bridgehead atoms. The number of piperidine rings is 1. The Morgan fingerprint density at radius 3 is 1.94 bits per heavy atom. The number of hydrogen-bond donors (Lipinski definition) is 0. The first kappa shape index (κ1) is 14.7. The molecule has 0 aromatic heterocycles. The van der Waals surface area contributed by atoms with Gasteiger partial charge in [-0.15, -0.1) is 10.3 Å². The van der Waals surface area contributed by atoms with Crippen LogP contribution in [0.4, 0.5) is 13.2 Å². The lowest BCUT2D eigenvalue weighted by Gasteiger charge is -2.49. The van der Waals surface area contributed by atoms with Crippen molar-refractivity contribution in [3.8, 4) is 0 Å². The van der Waals surface area contributed by atoms with Crippen molar-refractivity contribution in [1.29, 1.82) is 0 Å². The van der Waals surface area contributed by atoms with Crippen LogP contribution in [0.15, 0.2) is 0 Å². The van der Waals surface area contributed by atoms with E-state index in [9.17, 15) is 18.4 Å². The van der Waals surface area contributed by atoms with E-state index in [0.29, 0.717) is 12.8 Å². The zero-order valence-corrected chi connectivity index (χ0v) is 10.6. The molecule has 6 heteroatoms. The first-order valence-electron chi connectivity index (χ1n) is 5.60. The average Bonchev–Trinajstić information content (AvgIpc) is 2.09. The monoisotopic (exact) mass is 254 g/mol. The number of rotatable bonds is 2. The van der Waals surface area contributed by atoms with Crippen molar-refractivity contribution >= 4 is 0 Å². The summed E-state index contributed by atoms with van der Waals surface area (Å²) in [5.41, 5.74) is -1.39. The number of hydrogen-bond acceptors (Lipinski definition) is 2. The van der Waals surface area contributed by atoms with Gasteiger partial charge in [0.05, 0.1) is 6.10 Å². The Kier molecular flexibility index (Phi) is 3.82. The van der Waals surface area contributed by atoms with Crippen LogP contribution in [0.2, 0.25) is 0 Å². The second kappa shape index (κ2) is 4.40. The molecule has 1 aliphatic heterocycles. The zero-order chi connectivity index (χ0) is 13.5. The lowest BCUT2D eigenvalue weighted by molar-refractivity contribution is -0.305. The van der Waals surface area contributed by atoms with Gasteiger partial charge >= 0.3 is 6.18 Å². The highest BCUT2D eigenvalue weighted by molar-refractivity contribution is 4.96. The fourth-order valence-electron chi connectivity index (χ4n) is 2.50.